The topological polar surface area (TPSA) is 37.3 Å². The van der Waals surface area contributed by atoms with Crippen molar-refractivity contribution in [2.75, 3.05) is 5.75 Å². The minimum Gasteiger partial charge on any atom is -0.480 e. The molecule has 0 heterocycles. The normalized spacial score (nSPS) is 36.5. The van der Waals surface area contributed by atoms with Crippen LogP contribution >= 0.6 is 11.8 Å². The fourth-order valence-corrected chi connectivity index (χ4v) is 3.72. The van der Waals surface area contributed by atoms with Crippen LogP contribution in [0, 0.1) is 11.8 Å². The number of carbonyl (C=O) groups is 1. The largest absolute Gasteiger partial charge is 0.480 e. The molecule has 1 N–H and O–H groups in total. The molecule has 0 unspecified atom stereocenters. The molecule has 0 amide bonds. The van der Waals surface area contributed by atoms with Crippen LogP contribution in [0.2, 0.25) is 0 Å². The summed E-state index contributed by atoms with van der Waals surface area (Å²) in [4.78, 5) is 11.2. The second-order valence-corrected chi connectivity index (χ2v) is 6.13. The van der Waals surface area contributed by atoms with Gasteiger partial charge in [-0.05, 0) is 49.7 Å². The smallest absolute Gasteiger partial charge is 0.319 e. The molecule has 2 nitrogen and oxygen atoms in total. The van der Waals surface area contributed by atoms with Crippen molar-refractivity contribution in [3.05, 3.63) is 0 Å². The lowest BCUT2D eigenvalue weighted by atomic mass is 9.71. The third-order valence-corrected chi connectivity index (χ3v) is 5.12. The van der Waals surface area contributed by atoms with E-state index in [1.165, 1.54) is 12.8 Å². The van der Waals surface area contributed by atoms with Gasteiger partial charge in [-0.1, -0.05) is 6.92 Å². The van der Waals surface area contributed by atoms with Gasteiger partial charge in [-0.15, -0.1) is 11.8 Å². The third-order valence-electron chi connectivity index (χ3n) is 3.44. The number of carboxylic acids is 1. The molecule has 0 aromatic heterocycles. The molecule has 2 fully saturated rings. The van der Waals surface area contributed by atoms with Gasteiger partial charge in [0.2, 0.25) is 0 Å². The Morgan fingerprint density at radius 1 is 1.43 bits per heavy atom. The fraction of sp³-hybridized carbons (Fsp3) is 0.909. The lowest BCUT2D eigenvalue weighted by molar-refractivity contribution is -0.143. The summed E-state index contributed by atoms with van der Waals surface area (Å²) in [5, 5.41) is 9.21. The van der Waals surface area contributed by atoms with E-state index in [0.717, 1.165) is 36.9 Å². The van der Waals surface area contributed by atoms with Crippen molar-refractivity contribution in [2.24, 2.45) is 11.8 Å². The quantitative estimate of drug-likeness (QED) is 0.764. The number of aliphatic carboxylic acids is 1. The molecular weight excluding hydrogens is 196 g/mol. The Morgan fingerprint density at radius 2 is 2.07 bits per heavy atom. The van der Waals surface area contributed by atoms with Crippen LogP contribution in [0.15, 0.2) is 0 Å². The Bertz CT molecular complexity index is 229. The van der Waals surface area contributed by atoms with E-state index in [1.807, 2.05) is 0 Å². The molecule has 2 saturated carbocycles. The summed E-state index contributed by atoms with van der Waals surface area (Å²) >= 11 is 1.67. The highest BCUT2D eigenvalue weighted by Crippen LogP contribution is 2.56. The predicted molar refractivity (Wildman–Crippen MR) is 58.6 cm³/mol. The first-order valence-corrected chi connectivity index (χ1v) is 6.54. The Hall–Kier alpha value is -0.180. The van der Waals surface area contributed by atoms with E-state index in [2.05, 4.69) is 6.92 Å². The summed E-state index contributed by atoms with van der Waals surface area (Å²) in [6, 6.07) is 0. The fourth-order valence-electron chi connectivity index (χ4n) is 2.34. The molecular formula is C11H18O2S. The molecule has 2 aliphatic carbocycles. The summed E-state index contributed by atoms with van der Waals surface area (Å²) in [7, 11) is 0. The summed E-state index contributed by atoms with van der Waals surface area (Å²) in [5.41, 5.74) is 0. The minimum absolute atomic E-state index is 0.400. The van der Waals surface area contributed by atoms with Gasteiger partial charge in [-0.2, -0.15) is 0 Å². The van der Waals surface area contributed by atoms with Gasteiger partial charge in [-0.3, -0.25) is 4.79 Å². The van der Waals surface area contributed by atoms with Crippen LogP contribution in [0.5, 0.6) is 0 Å². The van der Waals surface area contributed by atoms with E-state index < -0.39 is 10.7 Å². The number of hydrogen-bond acceptors (Lipinski definition) is 2. The summed E-state index contributed by atoms with van der Waals surface area (Å²) < 4.78 is -0.400. The molecule has 0 bridgehead atoms. The first kappa shape index (κ1) is 10.3. The Labute approximate surface area is 89.5 Å². The van der Waals surface area contributed by atoms with Crippen LogP contribution in [0.25, 0.3) is 0 Å². The third kappa shape index (κ3) is 1.79. The summed E-state index contributed by atoms with van der Waals surface area (Å²) in [6.07, 6.45) is 5.63. The van der Waals surface area contributed by atoms with Crippen molar-refractivity contribution in [3.63, 3.8) is 0 Å². The van der Waals surface area contributed by atoms with E-state index in [4.69, 9.17) is 0 Å². The predicted octanol–water partition coefficient (Wildman–Crippen LogP) is 2.77. The average Bonchev–Trinajstić information content (AvgIpc) is 2.85. The zero-order valence-corrected chi connectivity index (χ0v) is 9.48. The Kier molecular flexibility index (Phi) is 2.78. The van der Waals surface area contributed by atoms with Crippen LogP contribution in [0.4, 0.5) is 0 Å². The molecule has 3 heteroatoms. The standard InChI is InChI=1S/C11H18O2S/c1-2-5-14-11(10(12)13)6-9(7-11)8-3-4-8/h8-9H,2-7H2,1H3,(H,12,13). The van der Waals surface area contributed by atoms with E-state index in [9.17, 15) is 9.90 Å². The molecule has 0 saturated heterocycles. The SMILES string of the molecule is CCCSC1(C(=O)O)CC(C2CC2)C1. The van der Waals surface area contributed by atoms with Crippen LogP contribution < -0.4 is 0 Å². The summed E-state index contributed by atoms with van der Waals surface area (Å²) in [6.45, 7) is 2.11. The van der Waals surface area contributed by atoms with Gasteiger partial charge >= 0.3 is 5.97 Å². The highest BCUT2D eigenvalue weighted by atomic mass is 32.2. The van der Waals surface area contributed by atoms with Gasteiger partial charge < -0.3 is 5.11 Å². The Balaban J connectivity index is 1.87. The second-order valence-electron chi connectivity index (χ2n) is 4.65. The van der Waals surface area contributed by atoms with Crippen LogP contribution in [0.1, 0.15) is 39.0 Å². The van der Waals surface area contributed by atoms with Crippen LogP contribution in [0.3, 0.4) is 0 Å². The van der Waals surface area contributed by atoms with Crippen molar-refractivity contribution in [1.29, 1.82) is 0 Å². The zero-order valence-electron chi connectivity index (χ0n) is 8.66. The van der Waals surface area contributed by atoms with Gasteiger partial charge in [0, 0.05) is 0 Å². The zero-order chi connectivity index (χ0) is 10.2. The maximum atomic E-state index is 11.2. The average molecular weight is 214 g/mol. The number of thioether (sulfide) groups is 1. The molecule has 0 aromatic rings. The van der Waals surface area contributed by atoms with Gasteiger partial charge in [0.05, 0.1) is 0 Å². The van der Waals surface area contributed by atoms with Gasteiger partial charge in [-0.25, -0.2) is 0 Å². The lowest BCUT2D eigenvalue weighted by Gasteiger charge is -2.44. The molecule has 80 valence electrons. The molecule has 0 spiro atoms. The molecule has 0 aromatic carbocycles. The van der Waals surface area contributed by atoms with Crippen molar-refractivity contribution in [1.82, 2.24) is 0 Å². The number of hydrogen-bond donors (Lipinski definition) is 1. The minimum atomic E-state index is -0.576. The first-order valence-electron chi connectivity index (χ1n) is 5.55. The number of rotatable bonds is 5. The van der Waals surface area contributed by atoms with Crippen molar-refractivity contribution < 1.29 is 9.90 Å². The lowest BCUT2D eigenvalue weighted by Crippen LogP contribution is -2.48. The van der Waals surface area contributed by atoms with Crippen molar-refractivity contribution >= 4 is 17.7 Å². The number of carboxylic acid groups (broad SMARTS) is 1. The second kappa shape index (κ2) is 3.76. The highest BCUT2D eigenvalue weighted by molar-refractivity contribution is 8.01. The maximum absolute atomic E-state index is 11.2. The van der Waals surface area contributed by atoms with Gasteiger partial charge in [0.1, 0.15) is 4.75 Å². The maximum Gasteiger partial charge on any atom is 0.319 e. The molecule has 2 aliphatic rings. The molecule has 0 aliphatic heterocycles. The van der Waals surface area contributed by atoms with E-state index in [-0.39, 0.29) is 0 Å². The molecule has 0 radical (unpaired) electrons. The molecule has 14 heavy (non-hydrogen) atoms. The van der Waals surface area contributed by atoms with Gasteiger partial charge in [0.25, 0.3) is 0 Å². The Morgan fingerprint density at radius 3 is 2.50 bits per heavy atom. The first-order chi connectivity index (χ1) is 6.68. The summed E-state index contributed by atoms with van der Waals surface area (Å²) in [5.74, 6) is 2.02. The monoisotopic (exact) mass is 214 g/mol. The molecule has 0 atom stereocenters. The van der Waals surface area contributed by atoms with Crippen molar-refractivity contribution in [3.8, 4) is 0 Å². The van der Waals surface area contributed by atoms with E-state index in [1.54, 1.807) is 11.8 Å². The van der Waals surface area contributed by atoms with E-state index >= 15 is 0 Å². The highest BCUT2D eigenvalue weighted by Gasteiger charge is 2.54. The van der Waals surface area contributed by atoms with Gasteiger partial charge in [0.15, 0.2) is 0 Å². The van der Waals surface area contributed by atoms with Crippen LogP contribution in [-0.4, -0.2) is 21.6 Å². The van der Waals surface area contributed by atoms with E-state index in [0.29, 0.717) is 0 Å². The molecule has 2 rings (SSSR count). The van der Waals surface area contributed by atoms with Crippen molar-refractivity contribution in [2.45, 2.75) is 43.8 Å². The van der Waals surface area contributed by atoms with Crippen LogP contribution in [-0.2, 0) is 4.79 Å².